The zero-order chi connectivity index (χ0) is 11.2. The number of thiol groups is 1. The average molecular weight is 235 g/mol. The van der Waals surface area contributed by atoms with Gasteiger partial charge in [-0.3, -0.25) is 0 Å². The molecule has 0 unspecified atom stereocenters. The molecule has 1 aromatic rings. The van der Waals surface area contributed by atoms with Gasteiger partial charge in [0.25, 0.3) is 0 Å². The van der Waals surface area contributed by atoms with E-state index in [1.54, 1.807) is 0 Å². The summed E-state index contributed by atoms with van der Waals surface area (Å²) in [6, 6.07) is 8.24. The van der Waals surface area contributed by atoms with Crippen LogP contribution in [0.25, 0.3) is 0 Å². The van der Waals surface area contributed by atoms with Gasteiger partial charge in [-0.15, -0.1) is 0 Å². The molecule has 0 aliphatic carbocycles. The molecule has 0 saturated heterocycles. The highest BCUT2D eigenvalue weighted by atomic mass is 32.1. The van der Waals surface area contributed by atoms with Crippen molar-refractivity contribution in [2.75, 3.05) is 30.3 Å². The summed E-state index contributed by atoms with van der Waals surface area (Å²) in [5, 5.41) is 0. The minimum absolute atomic E-state index is 0.798. The number of ether oxygens (including phenoxy) is 1. The molecule has 2 nitrogen and oxygen atoms in total. The molecule has 1 aliphatic rings. The molecule has 86 valence electrons. The van der Waals surface area contributed by atoms with Gasteiger partial charge in [0, 0.05) is 18.8 Å². The van der Waals surface area contributed by atoms with Crippen molar-refractivity contribution in [3.05, 3.63) is 36.4 Å². The molecule has 1 heterocycles. The average Bonchev–Trinajstić information content (AvgIpc) is 2.52. The molecule has 0 bridgehead atoms. The molecular formula is C13H17NOS. The van der Waals surface area contributed by atoms with Crippen molar-refractivity contribution in [2.24, 2.45) is 0 Å². The van der Waals surface area contributed by atoms with E-state index in [2.05, 4.69) is 41.8 Å². The molecule has 16 heavy (non-hydrogen) atoms. The third-order valence-corrected chi connectivity index (χ3v) is 2.84. The lowest BCUT2D eigenvalue weighted by atomic mass is 10.2. The highest BCUT2D eigenvalue weighted by molar-refractivity contribution is 7.80. The summed E-state index contributed by atoms with van der Waals surface area (Å²) < 4.78 is 5.70. The van der Waals surface area contributed by atoms with Crippen LogP contribution in [0.3, 0.4) is 0 Å². The number of para-hydroxylation sites is 2. The number of benzene rings is 1. The van der Waals surface area contributed by atoms with Crippen LogP contribution in [-0.2, 0) is 0 Å². The summed E-state index contributed by atoms with van der Waals surface area (Å²) >= 11 is 4.17. The van der Waals surface area contributed by atoms with Crippen molar-refractivity contribution in [1.29, 1.82) is 0 Å². The highest BCUT2D eigenvalue weighted by Crippen LogP contribution is 2.30. The first-order valence-corrected chi connectivity index (χ1v) is 6.27. The van der Waals surface area contributed by atoms with Crippen LogP contribution in [0.1, 0.15) is 6.42 Å². The van der Waals surface area contributed by atoms with Crippen LogP contribution in [0.15, 0.2) is 36.4 Å². The molecule has 0 amide bonds. The fourth-order valence-electron chi connectivity index (χ4n) is 1.86. The van der Waals surface area contributed by atoms with Crippen LogP contribution in [0.2, 0.25) is 0 Å². The lowest BCUT2D eigenvalue weighted by Gasteiger charge is -2.21. The predicted octanol–water partition coefficient (Wildman–Crippen LogP) is 2.76. The SMILES string of the molecule is SC/C=C/CN1CCCOc2ccccc21. The van der Waals surface area contributed by atoms with E-state index in [-0.39, 0.29) is 0 Å². The van der Waals surface area contributed by atoms with Crippen LogP contribution < -0.4 is 9.64 Å². The lowest BCUT2D eigenvalue weighted by Crippen LogP contribution is -2.23. The first kappa shape index (κ1) is 11.4. The van der Waals surface area contributed by atoms with E-state index >= 15 is 0 Å². The molecule has 0 N–H and O–H groups in total. The number of rotatable bonds is 3. The molecule has 0 radical (unpaired) electrons. The van der Waals surface area contributed by atoms with Crippen LogP contribution in [0.5, 0.6) is 5.75 Å². The van der Waals surface area contributed by atoms with Gasteiger partial charge in [-0.25, -0.2) is 0 Å². The largest absolute Gasteiger partial charge is 0.491 e. The molecule has 0 atom stereocenters. The van der Waals surface area contributed by atoms with E-state index in [0.717, 1.165) is 37.6 Å². The van der Waals surface area contributed by atoms with E-state index in [1.807, 2.05) is 12.1 Å². The lowest BCUT2D eigenvalue weighted by molar-refractivity contribution is 0.322. The molecule has 0 saturated carbocycles. The molecule has 1 aliphatic heterocycles. The Bertz CT molecular complexity index is 365. The number of hydrogen-bond donors (Lipinski definition) is 1. The summed E-state index contributed by atoms with van der Waals surface area (Å²) in [5.41, 5.74) is 1.20. The van der Waals surface area contributed by atoms with E-state index in [9.17, 15) is 0 Å². The Hall–Kier alpha value is -1.09. The van der Waals surface area contributed by atoms with Crippen molar-refractivity contribution in [3.63, 3.8) is 0 Å². The summed E-state index contributed by atoms with van der Waals surface area (Å²) in [7, 11) is 0. The van der Waals surface area contributed by atoms with E-state index < -0.39 is 0 Å². The number of hydrogen-bond acceptors (Lipinski definition) is 3. The molecule has 0 fully saturated rings. The molecule has 3 heteroatoms. The molecule has 0 aromatic heterocycles. The first-order chi connectivity index (χ1) is 7.92. The first-order valence-electron chi connectivity index (χ1n) is 5.64. The fraction of sp³-hybridized carbons (Fsp3) is 0.385. The second kappa shape index (κ2) is 5.85. The zero-order valence-corrected chi connectivity index (χ0v) is 10.2. The topological polar surface area (TPSA) is 12.5 Å². The van der Waals surface area contributed by atoms with Crippen molar-refractivity contribution >= 4 is 18.3 Å². The van der Waals surface area contributed by atoms with Crippen LogP contribution in [0, 0.1) is 0 Å². The zero-order valence-electron chi connectivity index (χ0n) is 9.30. The standard InChI is InChI=1S/C13H17NOS/c16-11-4-3-8-14-9-5-10-15-13-7-2-1-6-12(13)14/h1-4,6-7,16H,5,8-11H2/b4-3+. The Morgan fingerprint density at radius 3 is 3.06 bits per heavy atom. The summed E-state index contributed by atoms with van der Waals surface area (Å²) in [4.78, 5) is 2.35. The van der Waals surface area contributed by atoms with Gasteiger partial charge in [-0.2, -0.15) is 12.6 Å². The predicted molar refractivity (Wildman–Crippen MR) is 71.8 cm³/mol. The van der Waals surface area contributed by atoms with Crippen molar-refractivity contribution in [1.82, 2.24) is 0 Å². The maximum absolute atomic E-state index is 5.70. The third-order valence-electron chi connectivity index (χ3n) is 2.63. The van der Waals surface area contributed by atoms with Gasteiger partial charge < -0.3 is 9.64 Å². The minimum atomic E-state index is 0.798. The Morgan fingerprint density at radius 1 is 1.31 bits per heavy atom. The monoisotopic (exact) mass is 235 g/mol. The van der Waals surface area contributed by atoms with Crippen LogP contribution in [0.4, 0.5) is 5.69 Å². The Morgan fingerprint density at radius 2 is 2.19 bits per heavy atom. The number of fused-ring (bicyclic) bond motifs is 1. The molecule has 0 spiro atoms. The Kier molecular flexibility index (Phi) is 4.17. The fourth-order valence-corrected chi connectivity index (χ4v) is 2.01. The highest BCUT2D eigenvalue weighted by Gasteiger charge is 2.13. The van der Waals surface area contributed by atoms with Crippen LogP contribution in [-0.4, -0.2) is 25.4 Å². The smallest absolute Gasteiger partial charge is 0.142 e. The number of nitrogens with zero attached hydrogens (tertiary/aromatic N) is 1. The summed E-state index contributed by atoms with van der Waals surface area (Å²) in [5.74, 6) is 1.80. The van der Waals surface area contributed by atoms with Gasteiger partial charge in [-0.1, -0.05) is 24.3 Å². The van der Waals surface area contributed by atoms with Gasteiger partial charge >= 0.3 is 0 Å². The second-order valence-corrected chi connectivity index (χ2v) is 4.13. The van der Waals surface area contributed by atoms with Gasteiger partial charge in [-0.05, 0) is 18.6 Å². The maximum atomic E-state index is 5.70. The van der Waals surface area contributed by atoms with E-state index in [1.165, 1.54) is 5.69 Å². The molecule has 2 rings (SSSR count). The summed E-state index contributed by atoms with van der Waals surface area (Å²) in [6.45, 7) is 2.79. The van der Waals surface area contributed by atoms with E-state index in [4.69, 9.17) is 4.74 Å². The van der Waals surface area contributed by atoms with Crippen LogP contribution >= 0.6 is 12.6 Å². The maximum Gasteiger partial charge on any atom is 0.142 e. The molecule has 1 aromatic carbocycles. The van der Waals surface area contributed by atoms with Gasteiger partial charge in [0.1, 0.15) is 5.75 Å². The van der Waals surface area contributed by atoms with Gasteiger partial charge in [0.2, 0.25) is 0 Å². The Labute approximate surface area is 102 Å². The minimum Gasteiger partial charge on any atom is -0.491 e. The van der Waals surface area contributed by atoms with Gasteiger partial charge in [0.05, 0.1) is 12.3 Å². The quantitative estimate of drug-likeness (QED) is 0.639. The molecular weight excluding hydrogens is 218 g/mol. The van der Waals surface area contributed by atoms with Crippen molar-refractivity contribution in [2.45, 2.75) is 6.42 Å². The van der Waals surface area contributed by atoms with Gasteiger partial charge in [0.15, 0.2) is 0 Å². The third kappa shape index (κ3) is 2.73. The van der Waals surface area contributed by atoms with Crippen molar-refractivity contribution < 1.29 is 4.74 Å². The normalized spacial score (nSPS) is 15.7. The summed E-state index contributed by atoms with van der Waals surface area (Å²) in [6.07, 6.45) is 5.32. The second-order valence-electron chi connectivity index (χ2n) is 3.77. The number of anilines is 1. The Balaban J connectivity index is 2.15. The van der Waals surface area contributed by atoms with Crippen molar-refractivity contribution in [3.8, 4) is 5.75 Å². The van der Waals surface area contributed by atoms with E-state index in [0.29, 0.717) is 0 Å².